The summed E-state index contributed by atoms with van der Waals surface area (Å²) in [6, 6.07) is 5.22. The van der Waals surface area contributed by atoms with Crippen molar-refractivity contribution < 1.29 is 0 Å². The number of aromatic amines is 1. The Hall–Kier alpha value is -2.02. The molecule has 0 aliphatic rings. The molecule has 2 aromatic rings. The average Bonchev–Trinajstić information content (AvgIpc) is 2.43. The van der Waals surface area contributed by atoms with E-state index in [0.29, 0.717) is 11.6 Å². The average molecular weight is 158 g/mol. The molecule has 3 N–H and O–H groups in total. The van der Waals surface area contributed by atoms with Crippen LogP contribution in [0, 0.1) is 6.57 Å². The van der Waals surface area contributed by atoms with Gasteiger partial charge in [-0.05, 0) is 12.1 Å². The lowest BCUT2D eigenvalue weighted by atomic mass is 10.3. The van der Waals surface area contributed by atoms with Gasteiger partial charge < -0.3 is 10.7 Å². The number of anilines is 1. The number of nitrogens with one attached hydrogen (secondary N) is 1. The summed E-state index contributed by atoms with van der Waals surface area (Å²) >= 11 is 0. The van der Waals surface area contributed by atoms with Crippen molar-refractivity contribution in [1.82, 2.24) is 9.97 Å². The largest absolute Gasteiger partial charge is 0.369 e. The number of fused-ring (bicyclic) bond motifs is 1. The van der Waals surface area contributed by atoms with Crippen LogP contribution >= 0.6 is 0 Å². The highest BCUT2D eigenvalue weighted by Gasteiger charge is 1.99. The molecular formula is C8H6N4. The molecule has 0 unspecified atom stereocenters. The molecule has 0 saturated carbocycles. The third-order valence-corrected chi connectivity index (χ3v) is 1.61. The minimum Gasteiger partial charge on any atom is -0.369 e. The van der Waals surface area contributed by atoms with E-state index in [1.54, 1.807) is 18.2 Å². The molecule has 4 heteroatoms. The lowest BCUT2D eigenvalue weighted by Gasteiger charge is -1.87. The molecule has 0 aliphatic heterocycles. The molecule has 1 heterocycles. The van der Waals surface area contributed by atoms with E-state index >= 15 is 0 Å². The number of nitrogen functional groups attached to an aromatic ring is 1. The molecule has 0 bridgehead atoms. The second-order valence-electron chi connectivity index (χ2n) is 2.44. The van der Waals surface area contributed by atoms with Gasteiger partial charge in [0.2, 0.25) is 0 Å². The Morgan fingerprint density at radius 3 is 3.08 bits per heavy atom. The van der Waals surface area contributed by atoms with Gasteiger partial charge in [0, 0.05) is 0 Å². The fourth-order valence-electron chi connectivity index (χ4n) is 1.09. The van der Waals surface area contributed by atoms with Gasteiger partial charge in [-0.3, -0.25) is 0 Å². The van der Waals surface area contributed by atoms with Gasteiger partial charge in [-0.2, -0.15) is 0 Å². The molecule has 1 aromatic carbocycles. The van der Waals surface area contributed by atoms with Crippen LogP contribution in [0.1, 0.15) is 0 Å². The Kier molecular flexibility index (Phi) is 1.25. The summed E-state index contributed by atoms with van der Waals surface area (Å²) in [5, 5.41) is 0. The summed E-state index contributed by atoms with van der Waals surface area (Å²) in [6.45, 7) is 6.79. The number of benzene rings is 1. The van der Waals surface area contributed by atoms with E-state index in [0.717, 1.165) is 11.0 Å². The topological polar surface area (TPSA) is 59.1 Å². The fourth-order valence-corrected chi connectivity index (χ4v) is 1.09. The summed E-state index contributed by atoms with van der Waals surface area (Å²) in [7, 11) is 0. The second-order valence-corrected chi connectivity index (χ2v) is 2.44. The highest BCUT2D eigenvalue weighted by molar-refractivity contribution is 5.81. The van der Waals surface area contributed by atoms with Crippen LogP contribution in [-0.2, 0) is 0 Å². The Morgan fingerprint density at radius 1 is 1.50 bits per heavy atom. The van der Waals surface area contributed by atoms with Crippen LogP contribution in [0.2, 0.25) is 0 Å². The maximum Gasteiger partial charge on any atom is 0.198 e. The zero-order chi connectivity index (χ0) is 8.55. The van der Waals surface area contributed by atoms with Crippen LogP contribution in [0.3, 0.4) is 0 Å². The zero-order valence-corrected chi connectivity index (χ0v) is 6.20. The van der Waals surface area contributed by atoms with Crippen molar-refractivity contribution in [2.45, 2.75) is 0 Å². The highest BCUT2D eigenvalue weighted by Crippen LogP contribution is 2.19. The third-order valence-electron chi connectivity index (χ3n) is 1.61. The SMILES string of the molecule is [C-]#[N+]c1ccc2nc(N)[nH]c2c1. The summed E-state index contributed by atoms with van der Waals surface area (Å²) < 4.78 is 0. The molecule has 4 nitrogen and oxygen atoms in total. The van der Waals surface area contributed by atoms with Gasteiger partial charge in [0.05, 0.1) is 17.6 Å². The van der Waals surface area contributed by atoms with Crippen molar-refractivity contribution in [3.05, 3.63) is 29.6 Å². The normalized spacial score (nSPS) is 9.92. The Labute approximate surface area is 68.8 Å². The first-order valence-electron chi connectivity index (χ1n) is 3.42. The van der Waals surface area contributed by atoms with E-state index in [2.05, 4.69) is 14.8 Å². The quantitative estimate of drug-likeness (QED) is 0.573. The van der Waals surface area contributed by atoms with Crippen molar-refractivity contribution in [1.29, 1.82) is 0 Å². The van der Waals surface area contributed by atoms with Crippen LogP contribution in [0.5, 0.6) is 0 Å². The van der Waals surface area contributed by atoms with Crippen LogP contribution < -0.4 is 5.73 Å². The Morgan fingerprint density at radius 2 is 2.33 bits per heavy atom. The maximum absolute atomic E-state index is 6.79. The molecule has 2 rings (SSSR count). The predicted octanol–water partition coefficient (Wildman–Crippen LogP) is 1.70. The number of H-pyrrole nitrogens is 1. The van der Waals surface area contributed by atoms with Gasteiger partial charge >= 0.3 is 0 Å². The number of aromatic nitrogens is 2. The van der Waals surface area contributed by atoms with E-state index < -0.39 is 0 Å². The summed E-state index contributed by atoms with van der Waals surface area (Å²) in [6.07, 6.45) is 0. The first-order valence-corrected chi connectivity index (χ1v) is 3.42. The van der Waals surface area contributed by atoms with Crippen LogP contribution in [0.4, 0.5) is 11.6 Å². The van der Waals surface area contributed by atoms with Crippen LogP contribution in [0.25, 0.3) is 15.9 Å². The Balaban J connectivity index is 2.77. The lowest BCUT2D eigenvalue weighted by Crippen LogP contribution is -1.84. The molecule has 0 spiro atoms. The summed E-state index contributed by atoms with van der Waals surface area (Å²) in [5.74, 6) is 0.382. The standard InChI is InChI=1S/C8H6N4/c1-10-5-2-3-6-7(4-5)12-8(9)11-6/h2-4H,(H3,9,11,12). The van der Waals surface area contributed by atoms with Crippen molar-refractivity contribution >= 4 is 22.7 Å². The van der Waals surface area contributed by atoms with Gasteiger partial charge in [-0.25, -0.2) is 9.83 Å². The summed E-state index contributed by atoms with van der Waals surface area (Å²) in [4.78, 5) is 10.2. The van der Waals surface area contributed by atoms with Crippen LogP contribution in [0.15, 0.2) is 18.2 Å². The number of imidazole rings is 1. The smallest absolute Gasteiger partial charge is 0.198 e. The van der Waals surface area contributed by atoms with Crippen molar-refractivity contribution in [2.24, 2.45) is 0 Å². The lowest BCUT2D eigenvalue weighted by molar-refractivity contribution is 1.35. The molecule has 0 atom stereocenters. The van der Waals surface area contributed by atoms with E-state index in [1.165, 1.54) is 0 Å². The van der Waals surface area contributed by atoms with E-state index in [4.69, 9.17) is 12.3 Å². The van der Waals surface area contributed by atoms with E-state index in [1.807, 2.05) is 0 Å². The van der Waals surface area contributed by atoms with Crippen molar-refractivity contribution in [3.63, 3.8) is 0 Å². The fraction of sp³-hybridized carbons (Fsp3) is 0. The zero-order valence-electron chi connectivity index (χ0n) is 6.20. The minimum atomic E-state index is 0.382. The molecule has 0 saturated heterocycles. The molecular weight excluding hydrogens is 152 g/mol. The number of rotatable bonds is 0. The van der Waals surface area contributed by atoms with Gasteiger partial charge in [-0.1, -0.05) is 6.07 Å². The number of hydrogen-bond acceptors (Lipinski definition) is 2. The molecule has 0 amide bonds. The van der Waals surface area contributed by atoms with Gasteiger partial charge in [0.25, 0.3) is 0 Å². The molecule has 0 aliphatic carbocycles. The van der Waals surface area contributed by atoms with E-state index in [-0.39, 0.29) is 0 Å². The number of nitrogens with two attached hydrogens (primary N) is 1. The predicted molar refractivity (Wildman–Crippen MR) is 46.8 cm³/mol. The number of nitrogens with zero attached hydrogens (tertiary/aromatic N) is 2. The van der Waals surface area contributed by atoms with Crippen molar-refractivity contribution in [3.8, 4) is 0 Å². The van der Waals surface area contributed by atoms with Gasteiger partial charge in [0.1, 0.15) is 0 Å². The van der Waals surface area contributed by atoms with Crippen molar-refractivity contribution in [2.75, 3.05) is 5.73 Å². The molecule has 1 aromatic heterocycles. The maximum atomic E-state index is 6.79. The van der Waals surface area contributed by atoms with Gasteiger partial charge in [-0.15, -0.1) is 0 Å². The Bertz CT molecular complexity index is 463. The number of hydrogen-bond donors (Lipinski definition) is 2. The molecule has 0 fully saturated rings. The summed E-state index contributed by atoms with van der Waals surface area (Å²) in [5.41, 5.74) is 7.63. The monoisotopic (exact) mass is 158 g/mol. The first kappa shape index (κ1) is 6.68. The first-order chi connectivity index (χ1) is 5.79. The second kappa shape index (κ2) is 2.24. The van der Waals surface area contributed by atoms with Crippen LogP contribution in [-0.4, -0.2) is 9.97 Å². The molecule has 0 radical (unpaired) electrons. The molecule has 12 heavy (non-hydrogen) atoms. The highest BCUT2D eigenvalue weighted by atomic mass is 15.0. The molecule has 58 valence electrons. The van der Waals surface area contributed by atoms with Gasteiger partial charge in [0.15, 0.2) is 11.6 Å². The minimum absolute atomic E-state index is 0.382. The van der Waals surface area contributed by atoms with E-state index in [9.17, 15) is 0 Å². The third kappa shape index (κ3) is 0.883.